The lowest BCUT2D eigenvalue weighted by Gasteiger charge is -2.18. The van der Waals surface area contributed by atoms with Crippen molar-refractivity contribution in [3.05, 3.63) is 18.2 Å². The van der Waals surface area contributed by atoms with Crippen molar-refractivity contribution < 1.29 is 22.7 Å². The van der Waals surface area contributed by atoms with Gasteiger partial charge < -0.3 is 4.74 Å². The summed E-state index contributed by atoms with van der Waals surface area (Å²) >= 11 is 2.64. The summed E-state index contributed by atoms with van der Waals surface area (Å²) in [5.41, 5.74) is 0.106. The maximum atomic E-state index is 12.7. The summed E-state index contributed by atoms with van der Waals surface area (Å²) in [6.45, 7) is 2.04. The van der Waals surface area contributed by atoms with E-state index in [1.807, 2.05) is 6.92 Å². The number of nitrogens with one attached hydrogen (secondary N) is 1. The number of anilines is 2. The van der Waals surface area contributed by atoms with Gasteiger partial charge in [0, 0.05) is 18.6 Å². The molecule has 1 saturated heterocycles. The van der Waals surface area contributed by atoms with Gasteiger partial charge in [-0.3, -0.25) is 14.3 Å². The van der Waals surface area contributed by atoms with Crippen LogP contribution in [0, 0.1) is 0 Å². The maximum Gasteiger partial charge on any atom is 0.263 e. The Bertz CT molecular complexity index is 989. The van der Waals surface area contributed by atoms with Crippen molar-refractivity contribution in [2.24, 2.45) is 0 Å². The SMILES string of the molecule is CCCSc1nnc(NS(=O)(=O)c2ccc(OC)c(N3C(=O)CCC3=O)c2)s1. The van der Waals surface area contributed by atoms with Crippen molar-refractivity contribution in [2.45, 2.75) is 35.4 Å². The molecule has 1 aliphatic rings. The number of methoxy groups -OCH3 is 1. The third-order valence-corrected chi connectivity index (χ3v) is 7.45. The number of hydrogen-bond donors (Lipinski definition) is 1. The molecule has 9 nitrogen and oxygen atoms in total. The van der Waals surface area contributed by atoms with E-state index in [4.69, 9.17) is 4.74 Å². The van der Waals surface area contributed by atoms with Crippen molar-refractivity contribution >= 4 is 55.8 Å². The third-order valence-electron chi connectivity index (χ3n) is 3.81. The van der Waals surface area contributed by atoms with E-state index in [1.165, 1.54) is 37.1 Å². The molecule has 0 atom stereocenters. The van der Waals surface area contributed by atoms with E-state index < -0.39 is 21.8 Å². The lowest BCUT2D eigenvalue weighted by Crippen LogP contribution is -2.29. The highest BCUT2D eigenvalue weighted by molar-refractivity contribution is 8.01. The molecular weight excluding hydrogens is 424 g/mol. The minimum Gasteiger partial charge on any atom is -0.495 e. The summed E-state index contributed by atoms with van der Waals surface area (Å²) in [7, 11) is -2.61. The summed E-state index contributed by atoms with van der Waals surface area (Å²) in [5.74, 6) is 0.304. The molecule has 0 bridgehead atoms. The van der Waals surface area contributed by atoms with Gasteiger partial charge in [0.2, 0.25) is 16.9 Å². The molecule has 0 radical (unpaired) electrons. The Morgan fingerprint density at radius 3 is 2.61 bits per heavy atom. The average Bonchev–Trinajstić information content (AvgIpc) is 3.24. The van der Waals surface area contributed by atoms with Crippen molar-refractivity contribution in [1.29, 1.82) is 0 Å². The fourth-order valence-corrected chi connectivity index (χ4v) is 5.46. The number of sulfonamides is 1. The standard InChI is InChI=1S/C16H18N4O5S3/c1-3-8-26-16-18-17-15(27-16)19-28(23,24)10-4-5-12(25-2)11(9-10)20-13(21)6-7-14(20)22/h4-5,9H,3,6-8H2,1-2H3,(H,17,19). The zero-order valence-corrected chi connectivity index (χ0v) is 17.6. The lowest BCUT2D eigenvalue weighted by molar-refractivity contribution is -0.121. The van der Waals surface area contributed by atoms with Crippen molar-refractivity contribution in [3.63, 3.8) is 0 Å². The normalized spacial score (nSPS) is 14.6. The van der Waals surface area contributed by atoms with Crippen LogP contribution in [-0.4, -0.2) is 43.3 Å². The highest BCUT2D eigenvalue weighted by Gasteiger charge is 2.33. The lowest BCUT2D eigenvalue weighted by atomic mass is 10.2. The van der Waals surface area contributed by atoms with E-state index >= 15 is 0 Å². The number of carbonyl (C=O) groups excluding carboxylic acids is 2. The molecule has 28 heavy (non-hydrogen) atoms. The third kappa shape index (κ3) is 4.28. The van der Waals surface area contributed by atoms with Crippen LogP contribution < -0.4 is 14.4 Å². The second-order valence-corrected chi connectivity index (χ2v) is 9.79. The van der Waals surface area contributed by atoms with E-state index in [9.17, 15) is 18.0 Å². The molecule has 0 spiro atoms. The number of rotatable bonds is 8. The summed E-state index contributed by atoms with van der Waals surface area (Å²) in [4.78, 5) is 25.0. The molecule has 3 rings (SSSR count). The largest absolute Gasteiger partial charge is 0.495 e. The number of benzene rings is 1. The number of aromatic nitrogens is 2. The van der Waals surface area contributed by atoms with Crippen LogP contribution in [0.3, 0.4) is 0 Å². The van der Waals surface area contributed by atoms with E-state index in [0.29, 0.717) is 4.34 Å². The molecule has 0 saturated carbocycles. The predicted molar refractivity (Wildman–Crippen MR) is 106 cm³/mol. The first-order valence-electron chi connectivity index (χ1n) is 8.38. The quantitative estimate of drug-likeness (QED) is 0.489. The van der Waals surface area contributed by atoms with Crippen LogP contribution in [0.15, 0.2) is 27.4 Å². The van der Waals surface area contributed by atoms with Crippen LogP contribution in [0.2, 0.25) is 0 Å². The highest BCUT2D eigenvalue weighted by Crippen LogP contribution is 2.35. The van der Waals surface area contributed by atoms with E-state index in [1.54, 1.807) is 0 Å². The molecule has 0 aliphatic carbocycles. The molecule has 2 heterocycles. The second kappa shape index (κ2) is 8.45. The molecule has 12 heteroatoms. The van der Waals surface area contributed by atoms with Crippen molar-refractivity contribution in [3.8, 4) is 5.75 Å². The van der Waals surface area contributed by atoms with Crippen LogP contribution >= 0.6 is 23.1 Å². The van der Waals surface area contributed by atoms with Gasteiger partial charge in [0.1, 0.15) is 5.75 Å². The summed E-state index contributed by atoms with van der Waals surface area (Å²) in [5, 5.41) is 7.94. The predicted octanol–water partition coefficient (Wildman–Crippen LogP) is 2.50. The molecular formula is C16H18N4O5S3. The summed E-state index contributed by atoms with van der Waals surface area (Å²) < 4.78 is 33.7. The molecule has 2 amide bonds. The minimum atomic E-state index is -3.99. The monoisotopic (exact) mass is 442 g/mol. The van der Waals surface area contributed by atoms with Crippen LogP contribution in [-0.2, 0) is 19.6 Å². The summed E-state index contributed by atoms with van der Waals surface area (Å²) in [6.07, 6.45) is 1.13. The zero-order chi connectivity index (χ0) is 20.3. The minimum absolute atomic E-state index is 0.0835. The van der Waals surface area contributed by atoms with Crippen LogP contribution in [0.25, 0.3) is 0 Å². The van der Waals surface area contributed by atoms with Crippen molar-refractivity contribution in [1.82, 2.24) is 10.2 Å². The number of nitrogens with zero attached hydrogens (tertiary/aromatic N) is 3. The van der Waals surface area contributed by atoms with Gasteiger partial charge in [0.25, 0.3) is 10.0 Å². The number of ether oxygens (including phenoxy) is 1. The number of amides is 2. The first-order chi connectivity index (χ1) is 13.4. The zero-order valence-electron chi connectivity index (χ0n) is 15.2. The fraction of sp³-hybridized carbons (Fsp3) is 0.375. The summed E-state index contributed by atoms with van der Waals surface area (Å²) in [6, 6.07) is 3.99. The molecule has 0 unspecified atom stereocenters. The number of carbonyl (C=O) groups is 2. The van der Waals surface area contributed by atoms with E-state index in [0.717, 1.165) is 28.4 Å². The van der Waals surface area contributed by atoms with E-state index in [2.05, 4.69) is 14.9 Å². The van der Waals surface area contributed by atoms with Crippen LogP contribution in [0.4, 0.5) is 10.8 Å². The van der Waals surface area contributed by atoms with Gasteiger partial charge >= 0.3 is 0 Å². The molecule has 1 aromatic carbocycles. The van der Waals surface area contributed by atoms with Gasteiger partial charge in [0.05, 0.1) is 17.7 Å². The topological polar surface area (TPSA) is 119 Å². The van der Waals surface area contributed by atoms with Gasteiger partial charge in [-0.2, -0.15) is 0 Å². The molecule has 150 valence electrons. The molecule has 1 N–H and O–H groups in total. The Morgan fingerprint density at radius 1 is 1.25 bits per heavy atom. The Labute approximate surface area is 170 Å². The maximum absolute atomic E-state index is 12.7. The fourth-order valence-electron chi connectivity index (χ4n) is 2.53. The Balaban J connectivity index is 1.89. The average molecular weight is 443 g/mol. The first-order valence-corrected chi connectivity index (χ1v) is 11.7. The number of imide groups is 1. The van der Waals surface area contributed by atoms with E-state index in [-0.39, 0.29) is 34.3 Å². The molecule has 1 fully saturated rings. The second-order valence-electron chi connectivity index (χ2n) is 5.78. The van der Waals surface area contributed by atoms with Crippen LogP contribution in [0.5, 0.6) is 5.75 Å². The van der Waals surface area contributed by atoms with Gasteiger partial charge in [-0.15, -0.1) is 10.2 Å². The first kappa shape index (κ1) is 20.6. The highest BCUT2D eigenvalue weighted by atomic mass is 32.2. The Kier molecular flexibility index (Phi) is 6.20. The number of thioether (sulfide) groups is 1. The van der Waals surface area contributed by atoms with Gasteiger partial charge in [-0.1, -0.05) is 30.0 Å². The molecule has 2 aromatic rings. The smallest absolute Gasteiger partial charge is 0.263 e. The molecule has 1 aromatic heterocycles. The van der Waals surface area contributed by atoms with Gasteiger partial charge in [0.15, 0.2) is 4.34 Å². The number of hydrogen-bond acceptors (Lipinski definition) is 9. The van der Waals surface area contributed by atoms with Crippen molar-refractivity contribution in [2.75, 3.05) is 22.5 Å². The Morgan fingerprint density at radius 2 is 1.96 bits per heavy atom. The Hall–Kier alpha value is -2.18. The van der Waals surface area contributed by atoms with Crippen LogP contribution in [0.1, 0.15) is 26.2 Å². The molecule has 1 aliphatic heterocycles. The van der Waals surface area contributed by atoms with Gasteiger partial charge in [-0.05, 0) is 24.6 Å². The van der Waals surface area contributed by atoms with Gasteiger partial charge in [-0.25, -0.2) is 13.3 Å².